The van der Waals surface area contributed by atoms with Crippen molar-refractivity contribution in [1.82, 2.24) is 4.90 Å². The summed E-state index contributed by atoms with van der Waals surface area (Å²) >= 11 is 0. The number of rotatable bonds is 7. The number of imide groups is 1. The lowest BCUT2D eigenvalue weighted by Gasteiger charge is -2.26. The minimum atomic E-state index is -1.18. The topological polar surface area (TPSA) is 113 Å². The number of carbonyl (C=O) groups excluding carboxylic acids is 2. The number of hydrogen-bond acceptors (Lipinski definition) is 6. The van der Waals surface area contributed by atoms with Crippen LogP contribution in [0.3, 0.4) is 0 Å². The van der Waals surface area contributed by atoms with Crippen molar-refractivity contribution in [3.8, 4) is 17.2 Å². The highest BCUT2D eigenvalue weighted by Crippen LogP contribution is 2.39. The smallest absolute Gasteiger partial charge is 0.305 e. The Morgan fingerprint density at radius 2 is 1.89 bits per heavy atom. The average Bonchev–Trinajstić information content (AvgIpc) is 2.91. The number of carbonyl (C=O) groups is 3. The lowest BCUT2D eigenvalue weighted by molar-refractivity contribution is -0.138. The zero-order valence-electron chi connectivity index (χ0n) is 15.3. The highest BCUT2D eigenvalue weighted by Gasteiger charge is 2.43. The van der Waals surface area contributed by atoms with Crippen LogP contribution in [0.1, 0.15) is 45.7 Å². The second kappa shape index (κ2) is 7.59. The number of benzene rings is 2. The highest BCUT2D eigenvalue weighted by atomic mass is 16.5. The number of phenolic OH excluding ortho intramolecular Hbond substituents is 1. The minimum absolute atomic E-state index is 0.0407. The van der Waals surface area contributed by atoms with Gasteiger partial charge in [-0.2, -0.15) is 0 Å². The van der Waals surface area contributed by atoms with Gasteiger partial charge in [-0.15, -0.1) is 0 Å². The van der Waals surface area contributed by atoms with Gasteiger partial charge in [-0.05, 0) is 36.8 Å². The maximum absolute atomic E-state index is 12.9. The number of aliphatic carboxylic acids is 1. The van der Waals surface area contributed by atoms with Gasteiger partial charge in [0.2, 0.25) is 0 Å². The molecule has 8 nitrogen and oxygen atoms in total. The van der Waals surface area contributed by atoms with Crippen LogP contribution in [0.15, 0.2) is 36.4 Å². The van der Waals surface area contributed by atoms with Crippen LogP contribution in [0.5, 0.6) is 17.2 Å². The summed E-state index contributed by atoms with van der Waals surface area (Å²) in [6.07, 6.45) is -0.496. The molecule has 2 amide bonds. The maximum Gasteiger partial charge on any atom is 0.305 e. The maximum atomic E-state index is 12.9. The Bertz CT molecular complexity index is 954. The zero-order valence-corrected chi connectivity index (χ0v) is 15.3. The molecule has 2 N–H and O–H groups in total. The van der Waals surface area contributed by atoms with E-state index in [2.05, 4.69) is 0 Å². The molecule has 0 spiro atoms. The van der Waals surface area contributed by atoms with Crippen molar-refractivity contribution in [1.29, 1.82) is 0 Å². The highest BCUT2D eigenvalue weighted by molar-refractivity contribution is 6.22. The fraction of sp³-hybridized carbons (Fsp3) is 0.250. The van der Waals surface area contributed by atoms with Gasteiger partial charge in [-0.25, -0.2) is 0 Å². The molecule has 0 aromatic heterocycles. The molecule has 0 saturated heterocycles. The molecule has 0 saturated carbocycles. The summed E-state index contributed by atoms with van der Waals surface area (Å²) in [4.78, 5) is 38.0. The van der Waals surface area contributed by atoms with E-state index in [1.54, 1.807) is 25.1 Å². The lowest BCUT2D eigenvalue weighted by atomic mass is 10.0. The monoisotopic (exact) mass is 385 g/mol. The fourth-order valence-corrected chi connectivity index (χ4v) is 3.26. The van der Waals surface area contributed by atoms with Gasteiger partial charge in [0.15, 0.2) is 11.5 Å². The summed E-state index contributed by atoms with van der Waals surface area (Å²) < 4.78 is 10.7. The molecule has 1 aliphatic heterocycles. The Morgan fingerprint density at radius 1 is 1.14 bits per heavy atom. The number of nitrogens with zero attached hydrogens (tertiary/aromatic N) is 1. The van der Waals surface area contributed by atoms with Gasteiger partial charge in [-0.1, -0.05) is 12.1 Å². The summed E-state index contributed by atoms with van der Waals surface area (Å²) in [5, 5.41) is 19.4. The van der Waals surface area contributed by atoms with Gasteiger partial charge in [-0.3, -0.25) is 19.3 Å². The van der Waals surface area contributed by atoms with Gasteiger partial charge in [0.25, 0.3) is 11.8 Å². The molecule has 2 aromatic rings. The van der Waals surface area contributed by atoms with E-state index in [4.69, 9.17) is 9.47 Å². The van der Waals surface area contributed by atoms with Crippen molar-refractivity contribution in [2.24, 2.45) is 0 Å². The van der Waals surface area contributed by atoms with E-state index in [9.17, 15) is 24.6 Å². The standard InChI is InChI=1S/C20H19NO7/c1-3-28-16-9-11(7-8-15(16)27-2)13(10-17(23)24)21-19(25)12-5-4-6-14(22)18(12)20(21)26/h4-9,13,22H,3,10H2,1-2H3,(H,23,24). The number of carboxylic acids is 1. The Morgan fingerprint density at radius 3 is 2.50 bits per heavy atom. The number of fused-ring (bicyclic) bond motifs is 1. The van der Waals surface area contributed by atoms with Crippen LogP contribution < -0.4 is 9.47 Å². The molecule has 1 atom stereocenters. The molecule has 0 radical (unpaired) electrons. The Kier molecular flexibility index (Phi) is 5.21. The number of carboxylic acid groups (broad SMARTS) is 1. The summed E-state index contributed by atoms with van der Waals surface area (Å²) in [6, 6.07) is 7.83. The van der Waals surface area contributed by atoms with Crippen LogP contribution in [0.25, 0.3) is 0 Å². The molecular weight excluding hydrogens is 366 g/mol. The predicted octanol–water partition coefficient (Wildman–Crippen LogP) is 2.61. The lowest BCUT2D eigenvalue weighted by Crippen LogP contribution is -2.35. The van der Waals surface area contributed by atoms with E-state index in [-0.39, 0.29) is 16.9 Å². The van der Waals surface area contributed by atoms with Crippen LogP contribution in [0.2, 0.25) is 0 Å². The van der Waals surface area contributed by atoms with Crippen LogP contribution >= 0.6 is 0 Å². The molecule has 2 aromatic carbocycles. The Balaban J connectivity index is 2.09. The first-order chi connectivity index (χ1) is 13.4. The average molecular weight is 385 g/mol. The molecule has 0 fully saturated rings. The predicted molar refractivity (Wildman–Crippen MR) is 97.8 cm³/mol. The number of ether oxygens (including phenoxy) is 2. The molecule has 146 valence electrons. The van der Waals surface area contributed by atoms with Crippen molar-refractivity contribution in [2.75, 3.05) is 13.7 Å². The fourth-order valence-electron chi connectivity index (χ4n) is 3.26. The molecule has 0 aliphatic carbocycles. The quantitative estimate of drug-likeness (QED) is 0.704. The Labute approximate surface area is 160 Å². The van der Waals surface area contributed by atoms with Crippen molar-refractivity contribution in [2.45, 2.75) is 19.4 Å². The molecule has 1 aliphatic rings. The minimum Gasteiger partial charge on any atom is -0.507 e. The van der Waals surface area contributed by atoms with Crippen LogP contribution in [-0.4, -0.2) is 46.6 Å². The number of aromatic hydroxyl groups is 1. The van der Waals surface area contributed by atoms with Crippen molar-refractivity contribution in [3.05, 3.63) is 53.1 Å². The van der Waals surface area contributed by atoms with Gasteiger partial charge in [0.1, 0.15) is 5.75 Å². The molecule has 1 unspecified atom stereocenters. The van der Waals surface area contributed by atoms with E-state index in [0.29, 0.717) is 23.7 Å². The van der Waals surface area contributed by atoms with E-state index in [1.807, 2.05) is 0 Å². The molecule has 0 bridgehead atoms. The van der Waals surface area contributed by atoms with Crippen LogP contribution in [-0.2, 0) is 4.79 Å². The summed E-state index contributed by atoms with van der Waals surface area (Å²) in [6.45, 7) is 2.14. The number of methoxy groups -OCH3 is 1. The number of amides is 2. The third-order valence-corrected chi connectivity index (χ3v) is 4.48. The first-order valence-corrected chi connectivity index (χ1v) is 8.61. The van der Waals surface area contributed by atoms with Crippen LogP contribution in [0.4, 0.5) is 0 Å². The van der Waals surface area contributed by atoms with Crippen molar-refractivity contribution < 1.29 is 34.1 Å². The molecular formula is C20H19NO7. The van der Waals surface area contributed by atoms with Gasteiger partial charge < -0.3 is 19.7 Å². The molecule has 1 heterocycles. The van der Waals surface area contributed by atoms with E-state index in [0.717, 1.165) is 4.90 Å². The summed E-state index contributed by atoms with van der Waals surface area (Å²) in [5.74, 6) is -2.08. The van der Waals surface area contributed by atoms with E-state index < -0.39 is 30.2 Å². The second-order valence-electron chi connectivity index (χ2n) is 6.14. The largest absolute Gasteiger partial charge is 0.507 e. The van der Waals surface area contributed by atoms with Crippen molar-refractivity contribution in [3.63, 3.8) is 0 Å². The first kappa shape index (κ1) is 19.2. The van der Waals surface area contributed by atoms with Crippen LogP contribution in [0, 0.1) is 0 Å². The summed E-state index contributed by atoms with van der Waals surface area (Å²) in [5.41, 5.74) is 0.320. The number of phenols is 1. The zero-order chi connectivity index (χ0) is 20.4. The second-order valence-corrected chi connectivity index (χ2v) is 6.14. The first-order valence-electron chi connectivity index (χ1n) is 8.61. The normalized spacial score (nSPS) is 14.0. The molecule has 8 heteroatoms. The molecule has 3 rings (SSSR count). The SMILES string of the molecule is CCOc1cc(C(CC(=O)O)N2C(=O)c3cccc(O)c3C2=O)ccc1OC. The third-order valence-electron chi connectivity index (χ3n) is 4.48. The molecule has 28 heavy (non-hydrogen) atoms. The van der Waals surface area contributed by atoms with Crippen molar-refractivity contribution >= 4 is 17.8 Å². The van der Waals surface area contributed by atoms with E-state index >= 15 is 0 Å². The van der Waals surface area contributed by atoms with Gasteiger partial charge >= 0.3 is 5.97 Å². The number of hydrogen-bond donors (Lipinski definition) is 2. The Hall–Kier alpha value is -3.55. The van der Waals surface area contributed by atoms with Gasteiger partial charge in [0, 0.05) is 0 Å². The third kappa shape index (κ3) is 3.24. The summed E-state index contributed by atoms with van der Waals surface area (Å²) in [7, 11) is 1.47. The van der Waals surface area contributed by atoms with Gasteiger partial charge in [0.05, 0.1) is 37.3 Å². The van der Waals surface area contributed by atoms with E-state index in [1.165, 1.54) is 25.3 Å².